The molecule has 0 aromatic rings. The number of aliphatic carboxylic acids is 2. The van der Waals surface area contributed by atoms with Crippen molar-refractivity contribution in [2.24, 2.45) is 5.73 Å². The molecule has 0 aromatic heterocycles. The Morgan fingerprint density at radius 1 is 1.18 bits per heavy atom. The number of carbonyl (C=O) groups is 3. The van der Waals surface area contributed by atoms with Crippen LogP contribution in [-0.4, -0.2) is 24.6 Å². The van der Waals surface area contributed by atoms with Crippen LogP contribution in [0, 0.1) is 0 Å². The van der Waals surface area contributed by atoms with Crippen LogP contribution in [0.2, 0.25) is 0 Å². The van der Waals surface area contributed by atoms with E-state index in [0.29, 0.717) is 6.61 Å². The molecule has 8 heteroatoms. The van der Waals surface area contributed by atoms with Gasteiger partial charge >= 0.3 is 22.9 Å². The summed E-state index contributed by atoms with van der Waals surface area (Å²) in [7, 11) is 0. The van der Waals surface area contributed by atoms with Gasteiger partial charge in [-0.25, -0.2) is 4.79 Å². The van der Waals surface area contributed by atoms with Gasteiger partial charge in [-0.3, -0.25) is 0 Å². The zero-order valence-corrected chi connectivity index (χ0v) is 10.2. The molecule has 0 saturated heterocycles. The van der Waals surface area contributed by atoms with E-state index in [2.05, 4.69) is 23.6 Å². The van der Waals surface area contributed by atoms with Gasteiger partial charge in [0.15, 0.2) is 0 Å². The number of primary amides is 1. The third-order valence-electron chi connectivity index (χ3n) is 0.620. The molecule has 0 bridgehead atoms. The molecule has 0 saturated carbocycles. The Balaban J connectivity index is -0.0000000729. The summed E-state index contributed by atoms with van der Waals surface area (Å²) < 4.78 is 4.18. The van der Waals surface area contributed by atoms with Gasteiger partial charge in [0, 0.05) is 0 Å². The predicted molar refractivity (Wildman–Crippen MR) is 51.6 cm³/mol. The first kappa shape index (κ1) is 24.4. The van der Waals surface area contributed by atoms with Gasteiger partial charge in [-0.05, 0) is 19.1 Å². The Morgan fingerprint density at radius 2 is 1.41 bits per heavy atom. The molecule has 7 nitrogen and oxygen atoms in total. The number of amides is 1. The molecule has 0 rings (SSSR count). The third kappa shape index (κ3) is 78.2. The minimum Gasteiger partial charge on any atom is -0.545 e. The van der Waals surface area contributed by atoms with E-state index in [4.69, 9.17) is 19.8 Å². The van der Waals surface area contributed by atoms with Gasteiger partial charge in [0.1, 0.15) is 0 Å². The Hall–Kier alpha value is -1.80. The summed E-state index contributed by atoms with van der Waals surface area (Å²) in [6, 6.07) is 0. The summed E-state index contributed by atoms with van der Waals surface area (Å²) in [4.78, 5) is 27.9. The molecular weight excluding hydrogens is 277 g/mol. The maximum Gasteiger partial charge on any atom is 2.00 e. The number of nitrogens with two attached hydrogens (primary N) is 1. The van der Waals surface area contributed by atoms with Gasteiger partial charge in [-0.1, -0.05) is 13.2 Å². The molecule has 0 aliphatic rings. The van der Waals surface area contributed by atoms with E-state index in [1.165, 1.54) is 0 Å². The minimum atomic E-state index is -1.23. The van der Waals surface area contributed by atoms with Crippen LogP contribution in [0.5, 0.6) is 0 Å². The zero-order valence-electron chi connectivity index (χ0n) is 9.14. The number of carboxylic acid groups (broad SMARTS) is 2. The van der Waals surface area contributed by atoms with Crippen molar-refractivity contribution in [3.8, 4) is 0 Å². The number of rotatable bonds is 3. The first-order chi connectivity index (χ1) is 7.31. The van der Waals surface area contributed by atoms with Crippen molar-refractivity contribution in [2.45, 2.75) is 6.92 Å². The number of hydrogen-bond donors (Lipinski definition) is 1. The Morgan fingerprint density at radius 3 is 1.41 bits per heavy atom. The number of hydrogen-bond acceptors (Lipinski definition) is 6. The normalized spacial score (nSPS) is 6.41. The number of ether oxygens (including phenoxy) is 1. The van der Waals surface area contributed by atoms with E-state index in [-0.39, 0.29) is 16.8 Å². The van der Waals surface area contributed by atoms with Crippen molar-refractivity contribution < 1.29 is 46.1 Å². The fraction of sp³-hybridized carbons (Fsp3) is 0.222. The maximum absolute atomic E-state index is 9.60. The summed E-state index contributed by atoms with van der Waals surface area (Å²) in [5.41, 5.74) is 4.54. The molecule has 1 radical (unpaired) electrons. The van der Waals surface area contributed by atoms with E-state index in [9.17, 15) is 4.79 Å². The Labute approximate surface area is 109 Å². The van der Waals surface area contributed by atoms with Crippen molar-refractivity contribution in [1.29, 1.82) is 0 Å². The van der Waals surface area contributed by atoms with Crippen LogP contribution in [0.4, 0.5) is 4.79 Å². The molecular formula is C9H13CoNO6. The molecule has 0 aromatic carbocycles. The van der Waals surface area contributed by atoms with Crippen LogP contribution < -0.4 is 15.9 Å². The second-order valence-electron chi connectivity index (χ2n) is 1.80. The smallest absolute Gasteiger partial charge is 0.545 e. The van der Waals surface area contributed by atoms with Crippen LogP contribution in [0.1, 0.15) is 6.92 Å². The average Bonchev–Trinajstić information content (AvgIpc) is 2.19. The monoisotopic (exact) mass is 290 g/mol. The van der Waals surface area contributed by atoms with Crippen LogP contribution in [0.25, 0.3) is 0 Å². The van der Waals surface area contributed by atoms with Gasteiger partial charge in [-0.15, -0.1) is 0 Å². The Bertz CT molecular complexity index is 236. The van der Waals surface area contributed by atoms with E-state index in [1.54, 1.807) is 6.92 Å². The first-order valence-corrected chi connectivity index (χ1v) is 3.90. The molecule has 0 aliphatic heterocycles. The average molecular weight is 290 g/mol. The van der Waals surface area contributed by atoms with Crippen molar-refractivity contribution in [3.05, 3.63) is 25.3 Å². The molecule has 0 heterocycles. The third-order valence-corrected chi connectivity index (χ3v) is 0.620. The van der Waals surface area contributed by atoms with E-state index in [1.807, 2.05) is 0 Å². The molecule has 0 unspecified atom stereocenters. The quantitative estimate of drug-likeness (QED) is 0.594. The Kier molecular flexibility index (Phi) is 28.3. The van der Waals surface area contributed by atoms with Gasteiger partial charge in [0.2, 0.25) is 0 Å². The van der Waals surface area contributed by atoms with Crippen molar-refractivity contribution in [1.82, 2.24) is 0 Å². The van der Waals surface area contributed by atoms with Gasteiger partial charge in [0.05, 0.1) is 18.5 Å². The van der Waals surface area contributed by atoms with Crippen molar-refractivity contribution in [3.63, 3.8) is 0 Å². The van der Waals surface area contributed by atoms with Gasteiger partial charge < -0.3 is 30.3 Å². The fourth-order valence-electron chi connectivity index (χ4n) is 0.142. The standard InChI is InChI=1S/C3H7NO2.2C3H4O2.Co/c1-2-6-3(4)5;2*1-2-3(4)5;/h2H2,1H3,(H2,4,5);2*2H,1H2,(H,4,5);/q;;;+2/p-2. The summed E-state index contributed by atoms with van der Waals surface area (Å²) >= 11 is 0. The zero-order chi connectivity index (χ0) is 13.6. The van der Waals surface area contributed by atoms with Crippen LogP contribution in [-0.2, 0) is 31.1 Å². The van der Waals surface area contributed by atoms with Crippen molar-refractivity contribution in [2.75, 3.05) is 6.61 Å². The summed E-state index contributed by atoms with van der Waals surface area (Å²) in [6.07, 6.45) is 0.734. The summed E-state index contributed by atoms with van der Waals surface area (Å²) in [6.45, 7) is 7.85. The minimum absolute atomic E-state index is 0. The molecule has 0 atom stereocenters. The molecule has 2 N–H and O–H groups in total. The fourth-order valence-corrected chi connectivity index (χ4v) is 0.142. The van der Waals surface area contributed by atoms with E-state index >= 15 is 0 Å². The maximum atomic E-state index is 9.60. The van der Waals surface area contributed by atoms with Crippen LogP contribution in [0.15, 0.2) is 25.3 Å². The number of carbonyl (C=O) groups excluding carboxylic acids is 3. The van der Waals surface area contributed by atoms with Gasteiger partial charge in [-0.2, -0.15) is 0 Å². The molecule has 0 aliphatic carbocycles. The first-order valence-electron chi connectivity index (χ1n) is 3.90. The molecule has 1 amide bonds. The largest absolute Gasteiger partial charge is 2.00 e. The van der Waals surface area contributed by atoms with E-state index in [0.717, 1.165) is 12.2 Å². The molecule has 0 spiro atoms. The summed E-state index contributed by atoms with van der Waals surface area (Å²) in [5.74, 6) is -2.46. The molecule has 0 fully saturated rings. The second kappa shape index (κ2) is 19.7. The number of carboxylic acids is 2. The summed E-state index contributed by atoms with van der Waals surface area (Å²) in [5, 5.41) is 18.3. The van der Waals surface area contributed by atoms with Crippen LogP contribution in [0.3, 0.4) is 0 Å². The van der Waals surface area contributed by atoms with Crippen LogP contribution >= 0.6 is 0 Å². The topological polar surface area (TPSA) is 133 Å². The second-order valence-corrected chi connectivity index (χ2v) is 1.80. The SMILES string of the molecule is C=CC(=O)[O-].C=CC(=O)[O-].CCOC(N)=O.[Co+2]. The predicted octanol–water partition coefficient (Wildman–Crippen LogP) is -2.06. The van der Waals surface area contributed by atoms with Crippen molar-refractivity contribution >= 4 is 18.0 Å². The molecule has 99 valence electrons. The molecule has 17 heavy (non-hydrogen) atoms. The van der Waals surface area contributed by atoms with E-state index < -0.39 is 18.0 Å². The van der Waals surface area contributed by atoms with Gasteiger partial charge in [0.25, 0.3) is 0 Å².